The second-order valence-electron chi connectivity index (χ2n) is 9.77. The van der Waals surface area contributed by atoms with Gasteiger partial charge in [0, 0.05) is 17.3 Å². The zero-order valence-electron chi connectivity index (χ0n) is 16.5. The van der Waals surface area contributed by atoms with Crippen LogP contribution in [0.3, 0.4) is 0 Å². The Hall–Kier alpha value is -1.30. The topological polar surface area (TPSA) is 89.6 Å². The Morgan fingerprint density at radius 3 is 2.85 bits per heavy atom. The molecule has 0 spiro atoms. The molecule has 0 radical (unpaired) electrons. The van der Waals surface area contributed by atoms with Gasteiger partial charge in [-0.15, -0.1) is 0 Å². The van der Waals surface area contributed by atoms with Gasteiger partial charge < -0.3 is 5.11 Å². The highest BCUT2D eigenvalue weighted by Crippen LogP contribution is 2.67. The smallest absolute Gasteiger partial charge is 0.178 e. The average Bonchev–Trinajstić information content (AvgIpc) is 2.85. The number of allylic oxidation sites excluding steroid dienone is 4. The van der Waals surface area contributed by atoms with E-state index in [1.54, 1.807) is 12.2 Å². The number of ketones is 2. The molecule has 0 aromatic heterocycles. The standard InChI is InChI=1S/C22H31NO4/c1-12-8-16-15-5-4-13-9-14(24)6-7-21(13,2)20(15)17(25)10-22(16,3)19(12)18(26)11-27-23/h6-7,9,12,15-17,19-20,25H,4-5,8,10-11,23H2,1-3H3. The highest BCUT2D eigenvalue weighted by molar-refractivity contribution is 6.01. The van der Waals surface area contributed by atoms with Crippen LogP contribution < -0.4 is 5.90 Å². The number of hydrogen-bond acceptors (Lipinski definition) is 5. The van der Waals surface area contributed by atoms with E-state index in [1.165, 1.54) is 0 Å². The summed E-state index contributed by atoms with van der Waals surface area (Å²) in [5.41, 5.74) is 0.680. The summed E-state index contributed by atoms with van der Waals surface area (Å²) in [6.07, 6.45) is 8.47. The number of nitrogens with two attached hydrogens (primary N) is 1. The molecule has 0 heterocycles. The van der Waals surface area contributed by atoms with Crippen molar-refractivity contribution in [2.24, 2.45) is 46.3 Å². The average molecular weight is 373 g/mol. The fourth-order valence-corrected chi connectivity index (χ4v) is 7.55. The minimum Gasteiger partial charge on any atom is -0.393 e. The number of aliphatic hydroxyl groups excluding tert-OH is 1. The fourth-order valence-electron chi connectivity index (χ4n) is 7.55. The van der Waals surface area contributed by atoms with Crippen LogP contribution >= 0.6 is 0 Å². The van der Waals surface area contributed by atoms with Crippen LogP contribution in [0.1, 0.15) is 46.5 Å². The maximum Gasteiger partial charge on any atom is 0.178 e. The third-order valence-corrected chi connectivity index (χ3v) is 8.41. The molecule has 0 amide bonds. The molecule has 3 fully saturated rings. The quantitative estimate of drug-likeness (QED) is 0.742. The molecule has 5 nitrogen and oxygen atoms in total. The van der Waals surface area contributed by atoms with Crippen molar-refractivity contribution in [1.29, 1.82) is 0 Å². The summed E-state index contributed by atoms with van der Waals surface area (Å²) in [6, 6.07) is 0. The van der Waals surface area contributed by atoms with Crippen molar-refractivity contribution < 1.29 is 19.5 Å². The molecular formula is C22H31NO4. The van der Waals surface area contributed by atoms with Crippen LogP contribution in [0.15, 0.2) is 23.8 Å². The lowest BCUT2D eigenvalue weighted by atomic mass is 9.46. The van der Waals surface area contributed by atoms with Crippen molar-refractivity contribution in [3.63, 3.8) is 0 Å². The highest BCUT2D eigenvalue weighted by Gasteiger charge is 2.64. The first kappa shape index (κ1) is 19.0. The van der Waals surface area contributed by atoms with Crippen LogP contribution in [0.4, 0.5) is 0 Å². The zero-order valence-corrected chi connectivity index (χ0v) is 16.5. The van der Waals surface area contributed by atoms with E-state index >= 15 is 0 Å². The van der Waals surface area contributed by atoms with Crippen LogP contribution in [0.2, 0.25) is 0 Å². The first-order chi connectivity index (χ1) is 12.7. The summed E-state index contributed by atoms with van der Waals surface area (Å²) in [6.45, 7) is 6.46. The van der Waals surface area contributed by atoms with E-state index in [4.69, 9.17) is 5.90 Å². The minimum atomic E-state index is -0.484. The van der Waals surface area contributed by atoms with Gasteiger partial charge in [-0.2, -0.15) is 0 Å². The Bertz CT molecular complexity index is 728. The molecule has 3 N–H and O–H groups in total. The molecule has 4 aliphatic rings. The summed E-state index contributed by atoms with van der Waals surface area (Å²) in [5, 5.41) is 11.3. The molecule has 5 heteroatoms. The summed E-state index contributed by atoms with van der Waals surface area (Å²) in [7, 11) is 0. The number of carbonyl (C=O) groups is 2. The molecule has 4 aliphatic carbocycles. The Morgan fingerprint density at radius 1 is 1.41 bits per heavy atom. The van der Waals surface area contributed by atoms with Gasteiger partial charge >= 0.3 is 0 Å². The second kappa shape index (κ2) is 6.36. The summed E-state index contributed by atoms with van der Waals surface area (Å²) in [5.74, 6) is 6.30. The van der Waals surface area contributed by atoms with E-state index in [0.29, 0.717) is 18.3 Å². The molecule has 4 rings (SSSR count). The lowest BCUT2D eigenvalue weighted by Crippen LogP contribution is -2.56. The van der Waals surface area contributed by atoms with Crippen molar-refractivity contribution in [3.8, 4) is 0 Å². The first-order valence-electron chi connectivity index (χ1n) is 10.2. The lowest BCUT2D eigenvalue weighted by molar-refractivity contribution is -0.144. The van der Waals surface area contributed by atoms with Crippen LogP contribution in [0.5, 0.6) is 0 Å². The van der Waals surface area contributed by atoms with Crippen molar-refractivity contribution in [2.45, 2.75) is 52.6 Å². The summed E-state index contributed by atoms with van der Waals surface area (Å²) >= 11 is 0. The maximum absolute atomic E-state index is 12.8. The molecule has 0 aliphatic heterocycles. The first-order valence-corrected chi connectivity index (χ1v) is 10.2. The SMILES string of the molecule is CC1CC2C3CCC4=CC(=O)C=CC4(C)C3C(O)CC2(C)C1C(=O)CON. The van der Waals surface area contributed by atoms with Crippen LogP contribution in [0, 0.1) is 40.4 Å². The van der Waals surface area contributed by atoms with Gasteiger partial charge in [-0.3, -0.25) is 14.4 Å². The van der Waals surface area contributed by atoms with Crippen LogP contribution in [0.25, 0.3) is 0 Å². The second-order valence-corrected chi connectivity index (χ2v) is 9.77. The normalized spacial score (nSPS) is 48.5. The third kappa shape index (κ3) is 2.62. The maximum atomic E-state index is 12.8. The number of aliphatic hydroxyl groups is 1. The zero-order chi connectivity index (χ0) is 19.6. The van der Waals surface area contributed by atoms with E-state index < -0.39 is 6.10 Å². The minimum absolute atomic E-state index is 0.0537. The van der Waals surface area contributed by atoms with Gasteiger partial charge in [0.2, 0.25) is 0 Å². The van der Waals surface area contributed by atoms with Crippen molar-refractivity contribution >= 4 is 11.6 Å². The fraction of sp³-hybridized carbons (Fsp3) is 0.727. The summed E-state index contributed by atoms with van der Waals surface area (Å²) < 4.78 is 0. The van der Waals surface area contributed by atoms with Crippen molar-refractivity contribution in [1.82, 2.24) is 0 Å². The summed E-state index contributed by atoms with van der Waals surface area (Å²) in [4.78, 5) is 29.3. The van der Waals surface area contributed by atoms with Crippen LogP contribution in [-0.2, 0) is 14.4 Å². The van der Waals surface area contributed by atoms with E-state index in [2.05, 4.69) is 25.6 Å². The van der Waals surface area contributed by atoms with Gasteiger partial charge in [0.25, 0.3) is 0 Å². The Morgan fingerprint density at radius 2 is 2.15 bits per heavy atom. The molecule has 0 aromatic rings. The van der Waals surface area contributed by atoms with Gasteiger partial charge in [-0.1, -0.05) is 32.4 Å². The van der Waals surface area contributed by atoms with E-state index in [1.807, 2.05) is 6.08 Å². The monoisotopic (exact) mass is 373 g/mol. The molecule has 8 atom stereocenters. The van der Waals surface area contributed by atoms with E-state index in [9.17, 15) is 14.7 Å². The molecule has 0 bridgehead atoms. The van der Waals surface area contributed by atoms with Gasteiger partial charge in [0.15, 0.2) is 11.6 Å². The lowest BCUT2D eigenvalue weighted by Gasteiger charge is -2.58. The van der Waals surface area contributed by atoms with Gasteiger partial charge in [-0.05, 0) is 61.0 Å². The molecule has 0 aromatic carbocycles. The Kier molecular flexibility index (Phi) is 4.48. The number of hydrogen-bond donors (Lipinski definition) is 2. The van der Waals surface area contributed by atoms with Crippen LogP contribution in [-0.4, -0.2) is 29.4 Å². The van der Waals surface area contributed by atoms with Gasteiger partial charge in [0.1, 0.15) is 6.61 Å². The molecule has 148 valence electrons. The van der Waals surface area contributed by atoms with Crippen molar-refractivity contribution in [3.05, 3.63) is 23.8 Å². The molecular weight excluding hydrogens is 342 g/mol. The largest absolute Gasteiger partial charge is 0.393 e. The molecule has 3 saturated carbocycles. The molecule has 27 heavy (non-hydrogen) atoms. The van der Waals surface area contributed by atoms with E-state index in [-0.39, 0.29) is 46.8 Å². The number of Topliss-reactive ketones (excluding diaryl/α,β-unsaturated/α-hetero) is 1. The van der Waals surface area contributed by atoms with Gasteiger partial charge in [-0.25, -0.2) is 5.90 Å². The number of carbonyl (C=O) groups excluding carboxylic acids is 2. The van der Waals surface area contributed by atoms with E-state index in [0.717, 1.165) is 24.8 Å². The Balaban J connectivity index is 1.71. The predicted molar refractivity (Wildman–Crippen MR) is 101 cm³/mol. The van der Waals surface area contributed by atoms with Gasteiger partial charge in [0.05, 0.1) is 6.10 Å². The number of fused-ring (bicyclic) bond motifs is 5. The Labute approximate surface area is 161 Å². The third-order valence-electron chi connectivity index (χ3n) is 8.41. The number of rotatable bonds is 3. The molecule has 8 unspecified atom stereocenters. The molecule has 0 saturated heterocycles. The highest BCUT2D eigenvalue weighted by atomic mass is 16.6. The van der Waals surface area contributed by atoms with Crippen molar-refractivity contribution in [2.75, 3.05) is 6.61 Å². The predicted octanol–water partition coefficient (Wildman–Crippen LogP) is 2.59.